The fraction of sp³-hybridized carbons (Fsp3) is 0.227. The van der Waals surface area contributed by atoms with Crippen LogP contribution >= 0.6 is 11.6 Å². The van der Waals surface area contributed by atoms with Crippen LogP contribution < -0.4 is 5.32 Å². The summed E-state index contributed by atoms with van der Waals surface area (Å²) < 4.78 is 20.1. The lowest BCUT2D eigenvalue weighted by atomic mass is 9.95. The monoisotopic (exact) mass is 409 g/mol. The summed E-state index contributed by atoms with van der Waals surface area (Å²) in [5.74, 6) is -0.125. The average Bonchev–Trinajstić information content (AvgIpc) is 3.51. The van der Waals surface area contributed by atoms with Crippen LogP contribution in [0.2, 0.25) is 5.02 Å². The molecule has 5 rings (SSSR count). The molecule has 2 atom stereocenters. The van der Waals surface area contributed by atoms with Gasteiger partial charge in [0, 0.05) is 40.2 Å². The van der Waals surface area contributed by atoms with E-state index in [-0.39, 0.29) is 5.56 Å². The van der Waals surface area contributed by atoms with E-state index in [1.807, 2.05) is 12.1 Å². The Morgan fingerprint density at radius 1 is 1.07 bits per heavy atom. The van der Waals surface area contributed by atoms with Crippen molar-refractivity contribution >= 4 is 17.7 Å². The van der Waals surface area contributed by atoms with Gasteiger partial charge in [0.15, 0.2) is 6.10 Å². The summed E-state index contributed by atoms with van der Waals surface area (Å²) in [5.41, 5.74) is 3.73. The summed E-state index contributed by atoms with van der Waals surface area (Å²) in [4.78, 5) is 20.3. The molecular weight excluding hydrogens is 393 g/mol. The molecule has 1 aromatic carbocycles. The molecule has 146 valence electrons. The van der Waals surface area contributed by atoms with Crippen LogP contribution in [0.4, 0.5) is 9.18 Å². The van der Waals surface area contributed by atoms with Crippen molar-refractivity contribution in [1.82, 2.24) is 15.3 Å². The molecule has 1 N–H and O–H groups in total. The third-order valence-corrected chi connectivity index (χ3v) is 5.57. The third-order valence-electron chi connectivity index (χ3n) is 5.32. The van der Waals surface area contributed by atoms with Crippen LogP contribution in [0.15, 0.2) is 54.9 Å². The minimum atomic E-state index is -0.694. The highest BCUT2D eigenvalue weighted by Gasteiger charge is 2.38. The molecule has 3 heterocycles. The largest absolute Gasteiger partial charge is 0.439 e. The second kappa shape index (κ2) is 7.12. The topological polar surface area (TPSA) is 64.1 Å². The number of aromatic nitrogens is 2. The van der Waals surface area contributed by atoms with E-state index in [0.29, 0.717) is 10.9 Å². The maximum absolute atomic E-state index is 14.7. The number of carbonyl (C=O) groups is 1. The molecule has 0 spiro atoms. The van der Waals surface area contributed by atoms with Crippen molar-refractivity contribution in [2.24, 2.45) is 0 Å². The van der Waals surface area contributed by atoms with Gasteiger partial charge in [-0.3, -0.25) is 4.98 Å². The number of halogens is 2. The molecule has 2 aromatic heterocycles. The van der Waals surface area contributed by atoms with Crippen LogP contribution in [0, 0.1) is 5.95 Å². The summed E-state index contributed by atoms with van der Waals surface area (Å²) in [6.45, 7) is 0. The zero-order valence-electron chi connectivity index (χ0n) is 15.3. The first kappa shape index (κ1) is 18.1. The normalized spacial score (nSPS) is 21.0. The fourth-order valence-corrected chi connectivity index (χ4v) is 3.77. The van der Waals surface area contributed by atoms with Crippen molar-refractivity contribution in [3.05, 3.63) is 82.6 Å². The van der Waals surface area contributed by atoms with Crippen molar-refractivity contribution < 1.29 is 13.9 Å². The number of carbonyl (C=O) groups excluding carboxylic acids is 1. The quantitative estimate of drug-likeness (QED) is 0.591. The number of ether oxygens (including phenoxy) is 1. The van der Waals surface area contributed by atoms with Gasteiger partial charge in [-0.15, -0.1) is 0 Å². The Kier molecular flexibility index (Phi) is 4.43. The molecule has 5 nitrogen and oxygen atoms in total. The predicted octanol–water partition coefficient (Wildman–Crippen LogP) is 5.34. The zero-order chi connectivity index (χ0) is 20.0. The number of nitrogens with one attached hydrogen (secondary N) is 1. The van der Waals surface area contributed by atoms with E-state index in [2.05, 4.69) is 15.3 Å². The second-order valence-corrected chi connectivity index (χ2v) is 7.78. The number of benzene rings is 1. The van der Waals surface area contributed by atoms with E-state index in [0.717, 1.165) is 35.2 Å². The van der Waals surface area contributed by atoms with Crippen molar-refractivity contribution in [3.63, 3.8) is 0 Å². The van der Waals surface area contributed by atoms with Crippen molar-refractivity contribution in [3.8, 4) is 11.1 Å². The third kappa shape index (κ3) is 3.56. The molecule has 1 aliphatic carbocycles. The number of nitrogens with zero attached hydrogens (tertiary/aromatic N) is 2. The fourth-order valence-electron chi connectivity index (χ4n) is 3.65. The summed E-state index contributed by atoms with van der Waals surface area (Å²) >= 11 is 5.96. The highest BCUT2D eigenvalue weighted by Crippen LogP contribution is 2.41. The molecule has 0 bridgehead atoms. The highest BCUT2D eigenvalue weighted by atomic mass is 35.5. The lowest BCUT2D eigenvalue weighted by molar-refractivity contribution is 0.131. The number of pyridine rings is 2. The van der Waals surface area contributed by atoms with E-state index < -0.39 is 24.2 Å². The van der Waals surface area contributed by atoms with Gasteiger partial charge in [-0.2, -0.15) is 4.39 Å². The smallest absolute Gasteiger partial charge is 0.408 e. The Labute approximate surface area is 171 Å². The number of cyclic esters (lactones) is 1. The molecular formula is C22H17ClFN3O2. The second-order valence-electron chi connectivity index (χ2n) is 7.35. The Balaban J connectivity index is 1.52. The van der Waals surface area contributed by atoms with Crippen LogP contribution in [-0.4, -0.2) is 16.1 Å². The Bertz CT molecular complexity index is 1090. The van der Waals surface area contributed by atoms with E-state index in [1.165, 1.54) is 6.20 Å². The average molecular weight is 410 g/mol. The summed E-state index contributed by atoms with van der Waals surface area (Å²) in [6.07, 6.45) is 4.29. The Morgan fingerprint density at radius 2 is 1.86 bits per heavy atom. The van der Waals surface area contributed by atoms with Crippen LogP contribution in [0.5, 0.6) is 0 Å². The maximum atomic E-state index is 14.7. The first-order valence-corrected chi connectivity index (χ1v) is 9.80. The summed E-state index contributed by atoms with van der Waals surface area (Å²) in [5, 5.41) is 3.28. The van der Waals surface area contributed by atoms with Crippen molar-refractivity contribution in [1.29, 1.82) is 0 Å². The van der Waals surface area contributed by atoms with Gasteiger partial charge < -0.3 is 10.1 Å². The number of hydrogen-bond acceptors (Lipinski definition) is 4. The van der Waals surface area contributed by atoms with Crippen molar-refractivity contribution in [2.45, 2.75) is 30.9 Å². The SMILES string of the molecule is O=C1N[C@H](c2cc(-c3ccnc(C4CC4)c3)cnc2F)[C@@H](c2ccc(Cl)cc2)O1. The molecule has 0 radical (unpaired) electrons. The van der Waals surface area contributed by atoms with Gasteiger partial charge in [0.2, 0.25) is 5.95 Å². The lowest BCUT2D eigenvalue weighted by Crippen LogP contribution is -2.21. The van der Waals surface area contributed by atoms with Gasteiger partial charge in [-0.05, 0) is 54.3 Å². The van der Waals surface area contributed by atoms with Gasteiger partial charge in [-0.25, -0.2) is 9.78 Å². The minimum Gasteiger partial charge on any atom is -0.439 e. The maximum Gasteiger partial charge on any atom is 0.408 e. The number of hydrogen-bond donors (Lipinski definition) is 1. The van der Waals surface area contributed by atoms with Crippen molar-refractivity contribution in [2.75, 3.05) is 0 Å². The van der Waals surface area contributed by atoms with Crippen LogP contribution in [0.25, 0.3) is 11.1 Å². The van der Waals surface area contributed by atoms with Gasteiger partial charge in [0.05, 0.1) is 0 Å². The van der Waals surface area contributed by atoms with E-state index >= 15 is 0 Å². The molecule has 7 heteroatoms. The standard InChI is InChI=1S/C22H17ClFN3O2/c23-16-5-3-13(4-6-16)20-19(27-22(28)29-20)17-9-15(11-26-21(17)24)14-7-8-25-18(10-14)12-1-2-12/h3-12,19-20H,1-2H2,(H,27,28)/t19-,20-/m1/s1. The van der Waals surface area contributed by atoms with Crippen LogP contribution in [0.1, 0.15) is 47.7 Å². The number of rotatable bonds is 4. The minimum absolute atomic E-state index is 0.276. The Hall–Kier alpha value is -2.99. The van der Waals surface area contributed by atoms with Gasteiger partial charge in [0.25, 0.3) is 0 Å². The predicted molar refractivity (Wildman–Crippen MR) is 106 cm³/mol. The first-order valence-electron chi connectivity index (χ1n) is 9.43. The molecule has 2 fully saturated rings. The summed E-state index contributed by atoms with van der Waals surface area (Å²) in [6, 6.07) is 11.9. The molecule has 2 aliphatic rings. The van der Waals surface area contributed by atoms with Gasteiger partial charge >= 0.3 is 6.09 Å². The van der Waals surface area contributed by atoms with Crippen LogP contribution in [-0.2, 0) is 4.74 Å². The molecule has 1 aliphatic heterocycles. The Morgan fingerprint density at radius 3 is 2.62 bits per heavy atom. The molecule has 3 aromatic rings. The number of amides is 1. The lowest BCUT2D eigenvalue weighted by Gasteiger charge is -2.18. The molecule has 1 saturated carbocycles. The zero-order valence-corrected chi connectivity index (χ0v) is 16.1. The van der Waals surface area contributed by atoms with Gasteiger partial charge in [0.1, 0.15) is 6.04 Å². The number of alkyl carbamates (subject to hydrolysis) is 1. The summed E-state index contributed by atoms with van der Waals surface area (Å²) in [7, 11) is 0. The van der Waals surface area contributed by atoms with Gasteiger partial charge in [-0.1, -0.05) is 23.7 Å². The first-order chi connectivity index (χ1) is 14.1. The van der Waals surface area contributed by atoms with Crippen LogP contribution in [0.3, 0.4) is 0 Å². The van der Waals surface area contributed by atoms with E-state index in [1.54, 1.807) is 36.5 Å². The molecule has 29 heavy (non-hydrogen) atoms. The van der Waals surface area contributed by atoms with E-state index in [9.17, 15) is 9.18 Å². The highest BCUT2D eigenvalue weighted by molar-refractivity contribution is 6.30. The molecule has 1 amide bonds. The van der Waals surface area contributed by atoms with E-state index in [4.69, 9.17) is 16.3 Å². The molecule has 0 unspecified atom stereocenters. The molecule has 1 saturated heterocycles.